The molecule has 5 rings (SSSR count). The number of fused-ring (bicyclic) bond motifs is 1. The van der Waals surface area contributed by atoms with Gasteiger partial charge < -0.3 is 0 Å². The van der Waals surface area contributed by atoms with E-state index in [0.29, 0.717) is 21.0 Å². The molecule has 0 aliphatic carbocycles. The maximum Gasteiger partial charge on any atom is 0.302 e. The number of benzene rings is 3. The van der Waals surface area contributed by atoms with Gasteiger partial charge in [0.2, 0.25) is 5.78 Å². The van der Waals surface area contributed by atoms with Crippen LogP contribution in [0.15, 0.2) is 76.7 Å². The average molecular weight is 567 g/mol. The lowest BCUT2D eigenvalue weighted by Gasteiger charge is -2.30. The highest BCUT2D eigenvalue weighted by Gasteiger charge is 2.49. The Labute approximate surface area is 226 Å². The molecule has 2 amide bonds. The summed E-state index contributed by atoms with van der Waals surface area (Å²) >= 11 is 7.15. The fourth-order valence-corrected chi connectivity index (χ4v) is 6.13. The predicted octanol–water partition coefficient (Wildman–Crippen LogP) is 4.13. The van der Waals surface area contributed by atoms with Crippen molar-refractivity contribution in [3.8, 4) is 0 Å². The van der Waals surface area contributed by atoms with E-state index in [1.807, 2.05) is 6.92 Å². The van der Waals surface area contributed by atoms with Gasteiger partial charge in [-0.2, -0.15) is 18.4 Å². The maximum atomic E-state index is 13.7. The molecule has 9 nitrogen and oxygen atoms in total. The Bertz CT molecular complexity index is 1730. The predicted molar refractivity (Wildman–Crippen MR) is 145 cm³/mol. The number of anilines is 1. The topological polar surface area (TPSA) is 126 Å². The van der Waals surface area contributed by atoms with Gasteiger partial charge in [-0.3, -0.25) is 14.4 Å². The third kappa shape index (κ3) is 4.60. The normalized spacial score (nSPS) is 17.4. The number of carbonyl (C=O) groups excluding carboxylic acids is 3. The average Bonchev–Trinajstić information content (AvgIpc) is 3.30. The number of para-hydroxylation sites is 1. The summed E-state index contributed by atoms with van der Waals surface area (Å²) in [5.41, 5.74) is 1.54. The Hall–Kier alpha value is -3.93. The second-order valence-corrected chi connectivity index (χ2v) is 11.8. The van der Waals surface area contributed by atoms with Gasteiger partial charge in [0.25, 0.3) is 15.9 Å². The number of nitrogens with one attached hydrogen (secondary N) is 1. The molecule has 2 heterocycles. The van der Waals surface area contributed by atoms with Crippen molar-refractivity contribution in [2.24, 2.45) is 5.10 Å². The molecule has 1 aromatic heterocycles. The summed E-state index contributed by atoms with van der Waals surface area (Å²) in [6.07, 6.45) is 0. The first kappa shape index (κ1) is 25.7. The van der Waals surface area contributed by atoms with Gasteiger partial charge in [-0.25, -0.2) is 9.88 Å². The molecular weight excluding hydrogens is 548 g/mol. The molecule has 1 aliphatic rings. The van der Waals surface area contributed by atoms with Crippen LogP contribution in [-0.4, -0.2) is 36.7 Å². The first-order valence-electron chi connectivity index (χ1n) is 11.3. The van der Waals surface area contributed by atoms with E-state index in [4.69, 9.17) is 11.6 Å². The quantitative estimate of drug-likeness (QED) is 0.220. The number of imide groups is 1. The number of Topliss-reactive ketones (excluding diaryl/α,β-unsaturated/α-hetero) is 1. The number of hydrogen-bond donors (Lipinski definition) is 1. The molecule has 38 heavy (non-hydrogen) atoms. The third-order valence-electron chi connectivity index (χ3n) is 5.95. The molecule has 0 bridgehead atoms. The minimum atomic E-state index is -4.20. The zero-order valence-electron chi connectivity index (χ0n) is 20.0. The summed E-state index contributed by atoms with van der Waals surface area (Å²) in [7, 11) is -4.20. The number of halogens is 1. The first-order chi connectivity index (χ1) is 18.1. The van der Waals surface area contributed by atoms with Crippen LogP contribution in [0.4, 0.5) is 5.69 Å². The lowest BCUT2D eigenvalue weighted by Crippen LogP contribution is -2.55. The van der Waals surface area contributed by atoms with Crippen molar-refractivity contribution >= 4 is 72.2 Å². The monoisotopic (exact) mass is 566 g/mol. The molecular formula is C26H19ClN4O5S2. The van der Waals surface area contributed by atoms with Crippen molar-refractivity contribution in [3.05, 3.63) is 87.9 Å². The molecule has 0 unspecified atom stereocenters. The molecule has 1 aliphatic heterocycles. The van der Waals surface area contributed by atoms with Crippen molar-refractivity contribution < 1.29 is 22.8 Å². The minimum absolute atomic E-state index is 0.0833. The Balaban J connectivity index is 1.63. The van der Waals surface area contributed by atoms with Crippen LogP contribution < -0.4 is 9.73 Å². The Morgan fingerprint density at radius 3 is 2.37 bits per heavy atom. The van der Waals surface area contributed by atoms with Gasteiger partial charge in [0, 0.05) is 5.02 Å². The highest BCUT2D eigenvalue weighted by molar-refractivity contribution is 7.89. The zero-order chi connectivity index (χ0) is 27.2. The van der Waals surface area contributed by atoms with Crippen LogP contribution in [0.1, 0.15) is 22.1 Å². The number of hydrogen-bond acceptors (Lipinski definition) is 8. The van der Waals surface area contributed by atoms with Crippen molar-refractivity contribution in [3.63, 3.8) is 0 Å². The molecule has 3 aromatic carbocycles. The van der Waals surface area contributed by atoms with Gasteiger partial charge in [-0.15, -0.1) is 11.3 Å². The van der Waals surface area contributed by atoms with Crippen LogP contribution in [0.3, 0.4) is 0 Å². The molecule has 0 radical (unpaired) electrons. The number of ketones is 1. The van der Waals surface area contributed by atoms with Gasteiger partial charge in [0.1, 0.15) is 16.6 Å². The van der Waals surface area contributed by atoms with Gasteiger partial charge in [0.05, 0.1) is 20.8 Å². The van der Waals surface area contributed by atoms with E-state index >= 15 is 0 Å². The third-order valence-corrected chi connectivity index (χ3v) is 8.51. The molecule has 1 saturated heterocycles. The van der Waals surface area contributed by atoms with E-state index in [9.17, 15) is 22.8 Å². The number of hydrazone groups is 1. The number of amides is 2. The number of nitrogens with zero attached hydrogens (tertiary/aromatic N) is 3. The van der Waals surface area contributed by atoms with E-state index in [-0.39, 0.29) is 15.6 Å². The molecule has 1 atom stereocenters. The summed E-state index contributed by atoms with van der Waals surface area (Å²) in [4.78, 5) is 47.6. The molecule has 4 aromatic rings. The van der Waals surface area contributed by atoms with Crippen molar-refractivity contribution in [2.45, 2.75) is 24.7 Å². The second kappa shape index (κ2) is 9.75. The van der Waals surface area contributed by atoms with E-state index in [1.54, 1.807) is 49.4 Å². The molecule has 0 spiro atoms. The summed E-state index contributed by atoms with van der Waals surface area (Å²) < 4.78 is 26.6. The van der Waals surface area contributed by atoms with E-state index in [0.717, 1.165) is 21.6 Å². The van der Waals surface area contributed by atoms with E-state index < -0.39 is 39.3 Å². The second-order valence-electron chi connectivity index (χ2n) is 8.60. The maximum absolute atomic E-state index is 13.7. The minimum Gasteiger partial charge on any atom is -0.287 e. The van der Waals surface area contributed by atoms with Crippen LogP contribution in [0, 0.1) is 13.8 Å². The Kier molecular flexibility index (Phi) is 6.59. The summed E-state index contributed by atoms with van der Waals surface area (Å²) in [6, 6.07) is 17.5. The van der Waals surface area contributed by atoms with Crippen molar-refractivity contribution in [2.75, 3.05) is 4.90 Å². The molecule has 12 heteroatoms. The van der Waals surface area contributed by atoms with Gasteiger partial charge in [-0.05, 0) is 61.9 Å². The molecule has 0 saturated carbocycles. The van der Waals surface area contributed by atoms with Crippen molar-refractivity contribution in [1.82, 2.24) is 9.82 Å². The fraction of sp³-hybridized carbons (Fsp3) is 0.115. The number of aromatic nitrogens is 1. The fourth-order valence-electron chi connectivity index (χ4n) is 4.01. The largest absolute Gasteiger partial charge is 0.302 e. The highest BCUT2D eigenvalue weighted by Crippen LogP contribution is 2.35. The number of aryl methyl sites for hydroxylation is 2. The number of carbonyl (C=O) groups is 3. The smallest absolute Gasteiger partial charge is 0.287 e. The molecule has 1 N–H and O–H groups in total. The van der Waals surface area contributed by atoms with Crippen molar-refractivity contribution in [1.29, 1.82) is 0 Å². The van der Waals surface area contributed by atoms with Crippen LogP contribution in [0.2, 0.25) is 5.02 Å². The van der Waals surface area contributed by atoms with Crippen LogP contribution in [0.5, 0.6) is 0 Å². The van der Waals surface area contributed by atoms with E-state index in [1.165, 1.54) is 24.3 Å². The van der Waals surface area contributed by atoms with Gasteiger partial charge in [0.15, 0.2) is 0 Å². The number of piperidine rings is 1. The van der Waals surface area contributed by atoms with Crippen LogP contribution >= 0.6 is 22.9 Å². The lowest BCUT2D eigenvalue weighted by atomic mass is 9.91. The SMILES string of the molecule is Cc1ccc(S(=O)(=O)N/N=C2/C(=O)N(c3ccc(Cl)cc3C)C(=O)C(=O)[C@@H]2c2nc3ccccc3s2)cc1. The van der Waals surface area contributed by atoms with Gasteiger partial charge >= 0.3 is 5.91 Å². The summed E-state index contributed by atoms with van der Waals surface area (Å²) in [5.74, 6) is -4.48. The first-order valence-corrected chi connectivity index (χ1v) is 13.9. The number of thiazole rings is 1. The zero-order valence-corrected chi connectivity index (χ0v) is 22.4. The standard InChI is InChI=1S/C26H19ClN4O5S2/c1-14-7-10-17(11-8-14)38(35,36)30-29-22-21(24-28-18-5-3-4-6-20(18)37-24)23(32)26(34)31(25(22)33)19-12-9-16(27)13-15(19)2/h3-13,21,30H,1-2H3/b29-22+/t21-/m1/s1. The highest BCUT2D eigenvalue weighted by atomic mass is 35.5. The number of sulfonamides is 1. The number of rotatable bonds is 5. The van der Waals surface area contributed by atoms with Crippen LogP contribution in [0.25, 0.3) is 10.2 Å². The van der Waals surface area contributed by atoms with Gasteiger partial charge in [-0.1, -0.05) is 41.4 Å². The lowest BCUT2D eigenvalue weighted by molar-refractivity contribution is -0.139. The summed E-state index contributed by atoms with van der Waals surface area (Å²) in [5, 5.41) is 4.45. The Morgan fingerprint density at radius 1 is 0.974 bits per heavy atom. The molecule has 192 valence electrons. The summed E-state index contributed by atoms with van der Waals surface area (Å²) in [6.45, 7) is 3.44. The van der Waals surface area contributed by atoms with E-state index in [2.05, 4.69) is 14.9 Å². The Morgan fingerprint density at radius 2 is 1.68 bits per heavy atom. The molecule has 1 fully saturated rings. The van der Waals surface area contributed by atoms with Crippen LogP contribution in [-0.2, 0) is 24.4 Å².